The minimum absolute atomic E-state index is 0.0210. The van der Waals surface area contributed by atoms with E-state index < -0.39 is 0 Å². The lowest BCUT2D eigenvalue weighted by Crippen LogP contribution is -2.27. The quantitative estimate of drug-likeness (QED) is 0.708. The van der Waals surface area contributed by atoms with Crippen LogP contribution in [-0.2, 0) is 4.79 Å². The van der Waals surface area contributed by atoms with Crippen LogP contribution >= 0.6 is 11.6 Å². The average Bonchev–Trinajstić information content (AvgIpc) is 2.64. The van der Waals surface area contributed by atoms with Gasteiger partial charge in [-0.05, 0) is 36.3 Å². The first kappa shape index (κ1) is 18.9. The number of hydrogen-bond acceptors (Lipinski definition) is 3. The van der Waals surface area contributed by atoms with Crippen molar-refractivity contribution in [1.82, 2.24) is 4.90 Å². The summed E-state index contributed by atoms with van der Waals surface area (Å²) in [4.78, 5) is 14.1. The number of ether oxygens (including phenoxy) is 2. The van der Waals surface area contributed by atoms with Gasteiger partial charge in [0.25, 0.3) is 0 Å². The Morgan fingerprint density at radius 1 is 1.16 bits per heavy atom. The highest BCUT2D eigenvalue weighted by Crippen LogP contribution is 2.36. The number of hydrogen-bond donors (Lipinski definition) is 0. The van der Waals surface area contributed by atoms with Crippen LogP contribution in [0.4, 0.5) is 0 Å². The van der Waals surface area contributed by atoms with Gasteiger partial charge in [0, 0.05) is 13.1 Å². The molecule has 0 heterocycles. The van der Waals surface area contributed by atoms with Crippen molar-refractivity contribution in [3.8, 4) is 11.5 Å². The first-order valence-electron chi connectivity index (χ1n) is 7.89. The van der Waals surface area contributed by atoms with Gasteiger partial charge in [-0.15, -0.1) is 0 Å². The van der Waals surface area contributed by atoms with Crippen molar-refractivity contribution in [1.29, 1.82) is 0 Å². The number of methoxy groups -OCH3 is 2. The van der Waals surface area contributed by atoms with Crippen LogP contribution in [0, 0.1) is 0 Å². The highest BCUT2D eigenvalue weighted by atomic mass is 35.5. The van der Waals surface area contributed by atoms with E-state index in [1.165, 1.54) is 13.2 Å². The molecule has 0 spiro atoms. The molecule has 0 N–H and O–H groups in total. The molecule has 1 atom stereocenters. The maximum absolute atomic E-state index is 12.4. The van der Waals surface area contributed by atoms with Gasteiger partial charge in [-0.3, -0.25) is 4.79 Å². The molecule has 132 valence electrons. The average molecular weight is 360 g/mol. The molecule has 0 aliphatic rings. The summed E-state index contributed by atoms with van der Waals surface area (Å²) in [5.74, 6) is 0.901. The molecule has 1 amide bonds. The van der Waals surface area contributed by atoms with E-state index in [1.807, 2.05) is 37.3 Å². The zero-order valence-electron chi connectivity index (χ0n) is 14.8. The number of carbonyl (C=O) groups excluding carboxylic acids is 1. The molecule has 1 unspecified atom stereocenters. The van der Waals surface area contributed by atoms with Gasteiger partial charge in [0.1, 0.15) is 0 Å². The molecule has 5 heteroatoms. The molecule has 0 saturated carbocycles. The second kappa shape index (κ2) is 8.58. The van der Waals surface area contributed by atoms with E-state index >= 15 is 0 Å². The summed E-state index contributed by atoms with van der Waals surface area (Å²) < 4.78 is 10.5. The lowest BCUT2D eigenvalue weighted by atomic mass is 10.1. The number of amides is 1. The minimum Gasteiger partial charge on any atom is -0.493 e. The summed E-state index contributed by atoms with van der Waals surface area (Å²) in [7, 11) is 4.86. The highest BCUT2D eigenvalue weighted by Gasteiger charge is 2.15. The zero-order chi connectivity index (χ0) is 18.4. The van der Waals surface area contributed by atoms with Crippen molar-refractivity contribution >= 4 is 23.6 Å². The lowest BCUT2D eigenvalue weighted by Gasteiger charge is -2.24. The summed E-state index contributed by atoms with van der Waals surface area (Å²) in [5, 5.41) is 0.431. The largest absolute Gasteiger partial charge is 0.493 e. The Morgan fingerprint density at radius 2 is 1.84 bits per heavy atom. The van der Waals surface area contributed by atoms with Gasteiger partial charge in [-0.25, -0.2) is 0 Å². The smallest absolute Gasteiger partial charge is 0.246 e. The van der Waals surface area contributed by atoms with Crippen LogP contribution in [0.2, 0.25) is 5.02 Å². The predicted molar refractivity (Wildman–Crippen MR) is 101 cm³/mol. The Hall–Kier alpha value is -2.46. The summed E-state index contributed by atoms with van der Waals surface area (Å²) in [6, 6.07) is 13.4. The minimum atomic E-state index is -0.0951. The Morgan fingerprint density at radius 3 is 2.44 bits per heavy atom. The van der Waals surface area contributed by atoms with E-state index in [0.29, 0.717) is 16.5 Å². The molecule has 0 fully saturated rings. The monoisotopic (exact) mass is 359 g/mol. The third-order valence-corrected chi connectivity index (χ3v) is 4.37. The molecule has 0 aliphatic carbocycles. The van der Waals surface area contributed by atoms with E-state index in [4.69, 9.17) is 21.1 Å². The van der Waals surface area contributed by atoms with Gasteiger partial charge in [0.2, 0.25) is 5.91 Å². The van der Waals surface area contributed by atoms with Crippen LogP contribution in [0.1, 0.15) is 24.1 Å². The SMILES string of the molecule is COc1cc(/C=C/C(=O)N(C)C(C)c2ccccc2)cc(Cl)c1OC. The Kier molecular flexibility index (Phi) is 6.48. The highest BCUT2D eigenvalue weighted by molar-refractivity contribution is 6.32. The van der Waals surface area contributed by atoms with Crippen LogP contribution in [0.15, 0.2) is 48.5 Å². The standard InChI is InChI=1S/C20H22ClNO3/c1-14(16-8-6-5-7-9-16)22(2)19(23)11-10-15-12-17(21)20(25-4)18(13-15)24-3/h5-14H,1-4H3/b11-10+. The topological polar surface area (TPSA) is 38.8 Å². The van der Waals surface area contributed by atoms with Gasteiger partial charge in [0.05, 0.1) is 25.3 Å². The second-order valence-corrected chi connectivity index (χ2v) is 6.01. The van der Waals surface area contributed by atoms with E-state index in [9.17, 15) is 4.79 Å². The van der Waals surface area contributed by atoms with Crippen LogP contribution in [-0.4, -0.2) is 32.1 Å². The van der Waals surface area contributed by atoms with Gasteiger partial charge < -0.3 is 14.4 Å². The fourth-order valence-electron chi connectivity index (χ4n) is 2.47. The normalized spacial score (nSPS) is 12.0. The summed E-state index contributed by atoms with van der Waals surface area (Å²) in [6.07, 6.45) is 3.24. The number of nitrogens with zero attached hydrogens (tertiary/aromatic N) is 1. The van der Waals surface area contributed by atoms with E-state index in [2.05, 4.69) is 0 Å². The third kappa shape index (κ3) is 4.54. The van der Waals surface area contributed by atoms with Crippen molar-refractivity contribution in [3.05, 3.63) is 64.7 Å². The van der Waals surface area contributed by atoms with Gasteiger partial charge in [-0.1, -0.05) is 41.9 Å². The first-order chi connectivity index (χ1) is 12.0. The third-order valence-electron chi connectivity index (χ3n) is 4.08. The maximum Gasteiger partial charge on any atom is 0.246 e. The number of rotatable bonds is 6. The van der Waals surface area contributed by atoms with E-state index in [0.717, 1.165) is 11.1 Å². The van der Waals surface area contributed by atoms with Gasteiger partial charge in [0.15, 0.2) is 11.5 Å². The molecule has 25 heavy (non-hydrogen) atoms. The molecule has 2 aromatic carbocycles. The zero-order valence-corrected chi connectivity index (χ0v) is 15.6. The van der Waals surface area contributed by atoms with Crippen LogP contribution in [0.3, 0.4) is 0 Å². The molecule has 0 aliphatic heterocycles. The van der Waals surface area contributed by atoms with Crippen molar-refractivity contribution < 1.29 is 14.3 Å². The van der Waals surface area contributed by atoms with Crippen molar-refractivity contribution in [2.45, 2.75) is 13.0 Å². The molecule has 0 aromatic heterocycles. The molecular formula is C20H22ClNO3. The maximum atomic E-state index is 12.4. The second-order valence-electron chi connectivity index (χ2n) is 5.61. The Balaban J connectivity index is 2.16. The number of carbonyl (C=O) groups is 1. The Bertz CT molecular complexity index is 759. The van der Waals surface area contributed by atoms with Crippen molar-refractivity contribution in [2.75, 3.05) is 21.3 Å². The summed E-state index contributed by atoms with van der Waals surface area (Å²) in [6.45, 7) is 1.99. The fraction of sp³-hybridized carbons (Fsp3) is 0.250. The molecule has 0 radical (unpaired) electrons. The van der Waals surface area contributed by atoms with E-state index in [-0.39, 0.29) is 11.9 Å². The number of likely N-dealkylation sites (N-methyl/N-ethyl adjacent to an activating group) is 1. The molecule has 2 rings (SSSR count). The summed E-state index contributed by atoms with van der Waals surface area (Å²) in [5.41, 5.74) is 1.85. The molecule has 0 saturated heterocycles. The number of halogens is 1. The van der Waals surface area contributed by atoms with Crippen molar-refractivity contribution in [3.63, 3.8) is 0 Å². The molecule has 4 nitrogen and oxygen atoms in total. The Labute approximate surface area is 153 Å². The lowest BCUT2D eigenvalue weighted by molar-refractivity contribution is -0.126. The number of benzene rings is 2. The van der Waals surface area contributed by atoms with Crippen LogP contribution < -0.4 is 9.47 Å². The van der Waals surface area contributed by atoms with Gasteiger partial charge in [-0.2, -0.15) is 0 Å². The van der Waals surface area contributed by atoms with Gasteiger partial charge >= 0.3 is 0 Å². The predicted octanol–water partition coefficient (Wildman–Crippen LogP) is 4.59. The molecule has 0 bridgehead atoms. The first-order valence-corrected chi connectivity index (χ1v) is 8.27. The van der Waals surface area contributed by atoms with Crippen LogP contribution in [0.5, 0.6) is 11.5 Å². The van der Waals surface area contributed by atoms with E-state index in [1.54, 1.807) is 37.3 Å². The van der Waals surface area contributed by atoms with Crippen LogP contribution in [0.25, 0.3) is 6.08 Å². The molecule has 2 aromatic rings. The molecular weight excluding hydrogens is 338 g/mol. The summed E-state index contributed by atoms with van der Waals surface area (Å²) >= 11 is 6.19. The van der Waals surface area contributed by atoms with Crippen molar-refractivity contribution in [2.24, 2.45) is 0 Å². The fourth-order valence-corrected chi connectivity index (χ4v) is 2.76.